The molecule has 0 aliphatic rings. The number of aromatic nitrogens is 1. The van der Waals surface area contributed by atoms with Gasteiger partial charge in [0.05, 0.1) is 24.1 Å². The van der Waals surface area contributed by atoms with Gasteiger partial charge in [-0.05, 0) is 12.1 Å². The van der Waals surface area contributed by atoms with Gasteiger partial charge in [0.15, 0.2) is 0 Å². The average Bonchev–Trinajstić information content (AvgIpc) is 2.08. The van der Waals surface area contributed by atoms with Crippen molar-refractivity contribution < 1.29 is 8.78 Å². The summed E-state index contributed by atoms with van der Waals surface area (Å²) in [5.41, 5.74) is 6.67. The van der Waals surface area contributed by atoms with E-state index in [4.69, 9.17) is 5.73 Å². The summed E-state index contributed by atoms with van der Waals surface area (Å²) < 4.78 is 23.4. The number of hydrogen-bond donors (Lipinski definition) is 2. The van der Waals surface area contributed by atoms with E-state index in [0.29, 0.717) is 17.9 Å². The third kappa shape index (κ3) is 3.80. The minimum absolute atomic E-state index is 0.313. The van der Waals surface area contributed by atoms with Gasteiger partial charge in [-0.15, -0.1) is 0 Å². The van der Waals surface area contributed by atoms with Crippen molar-refractivity contribution in [2.75, 3.05) is 12.3 Å². The Balaban J connectivity index is 2.33. The van der Waals surface area contributed by atoms with Crippen molar-refractivity contribution in [3.05, 3.63) is 24.0 Å². The Morgan fingerprint density at radius 1 is 1.46 bits per heavy atom. The molecule has 3 N–H and O–H groups in total. The number of nitrogens with one attached hydrogen (secondary N) is 1. The molecule has 1 heterocycles. The van der Waals surface area contributed by atoms with Crippen molar-refractivity contribution in [2.45, 2.75) is 13.0 Å². The minimum atomic E-state index is -2.33. The summed E-state index contributed by atoms with van der Waals surface area (Å²) in [5, 5.41) is 2.57. The normalized spacial score (nSPS) is 10.7. The van der Waals surface area contributed by atoms with Crippen LogP contribution in [0, 0.1) is 0 Å². The Bertz CT molecular complexity index is 248. The summed E-state index contributed by atoms with van der Waals surface area (Å²) in [6.45, 7) is 0.0245. The number of hydrogen-bond acceptors (Lipinski definition) is 3. The number of pyridine rings is 1. The van der Waals surface area contributed by atoms with Crippen LogP contribution in [0.3, 0.4) is 0 Å². The topological polar surface area (TPSA) is 50.9 Å². The smallest absolute Gasteiger partial charge is 0.250 e. The van der Waals surface area contributed by atoms with E-state index in [1.54, 1.807) is 12.1 Å². The van der Waals surface area contributed by atoms with Crippen LogP contribution in [0.4, 0.5) is 14.5 Å². The second-order valence-electron chi connectivity index (χ2n) is 2.60. The van der Waals surface area contributed by atoms with Crippen LogP contribution < -0.4 is 11.1 Å². The van der Waals surface area contributed by atoms with Crippen LogP contribution in [0.1, 0.15) is 5.69 Å². The van der Waals surface area contributed by atoms with Crippen LogP contribution in [0.25, 0.3) is 0 Å². The second kappa shape index (κ2) is 4.71. The highest BCUT2D eigenvalue weighted by atomic mass is 19.3. The summed E-state index contributed by atoms with van der Waals surface area (Å²) in [4.78, 5) is 3.94. The summed E-state index contributed by atoms with van der Waals surface area (Å²) in [7, 11) is 0. The third-order valence-electron chi connectivity index (χ3n) is 1.45. The molecule has 0 saturated carbocycles. The van der Waals surface area contributed by atoms with Crippen LogP contribution >= 0.6 is 0 Å². The summed E-state index contributed by atoms with van der Waals surface area (Å²) in [5.74, 6) is 0. The van der Waals surface area contributed by atoms with E-state index in [2.05, 4.69) is 10.3 Å². The maximum Gasteiger partial charge on any atom is 0.250 e. The van der Waals surface area contributed by atoms with Gasteiger partial charge in [0.1, 0.15) is 0 Å². The van der Waals surface area contributed by atoms with E-state index < -0.39 is 6.43 Å². The molecule has 0 atom stereocenters. The quantitative estimate of drug-likeness (QED) is 0.739. The monoisotopic (exact) mass is 187 g/mol. The predicted molar refractivity (Wildman–Crippen MR) is 46.4 cm³/mol. The molecule has 1 aromatic rings. The fraction of sp³-hybridized carbons (Fsp3) is 0.375. The Labute approximate surface area is 75.0 Å². The zero-order valence-corrected chi connectivity index (χ0v) is 7.00. The van der Waals surface area contributed by atoms with Gasteiger partial charge in [-0.2, -0.15) is 0 Å². The van der Waals surface area contributed by atoms with E-state index in [1.807, 2.05) is 0 Å². The first-order chi connectivity index (χ1) is 6.18. The molecule has 0 saturated heterocycles. The summed E-state index contributed by atoms with van der Waals surface area (Å²) in [6, 6.07) is 3.39. The third-order valence-corrected chi connectivity index (χ3v) is 1.45. The molecule has 0 aliphatic heterocycles. The van der Waals surface area contributed by atoms with E-state index in [0.717, 1.165) is 0 Å². The predicted octanol–water partition coefficient (Wildman–Crippen LogP) is 1.02. The van der Waals surface area contributed by atoms with Gasteiger partial charge in [-0.1, -0.05) is 0 Å². The molecule has 72 valence electrons. The molecule has 13 heavy (non-hydrogen) atoms. The van der Waals surface area contributed by atoms with E-state index in [1.165, 1.54) is 6.20 Å². The fourth-order valence-electron chi connectivity index (χ4n) is 0.850. The van der Waals surface area contributed by atoms with Crippen molar-refractivity contribution >= 4 is 5.69 Å². The zero-order chi connectivity index (χ0) is 9.68. The molecule has 0 radical (unpaired) electrons. The SMILES string of the molecule is Nc1ccc(CNCC(F)F)nc1. The van der Waals surface area contributed by atoms with E-state index in [-0.39, 0.29) is 6.54 Å². The van der Waals surface area contributed by atoms with Crippen molar-refractivity contribution in [3.8, 4) is 0 Å². The number of alkyl halides is 2. The van der Waals surface area contributed by atoms with Crippen LogP contribution in [0.2, 0.25) is 0 Å². The van der Waals surface area contributed by atoms with Crippen molar-refractivity contribution in [2.24, 2.45) is 0 Å². The molecule has 0 amide bonds. The van der Waals surface area contributed by atoms with Crippen LogP contribution in [-0.4, -0.2) is 18.0 Å². The van der Waals surface area contributed by atoms with Gasteiger partial charge in [0, 0.05) is 6.54 Å². The number of rotatable bonds is 4. The number of halogens is 2. The van der Waals surface area contributed by atoms with Crippen molar-refractivity contribution in [3.63, 3.8) is 0 Å². The molecule has 0 fully saturated rings. The van der Waals surface area contributed by atoms with Gasteiger partial charge in [0.25, 0.3) is 6.43 Å². The Kier molecular flexibility index (Phi) is 3.57. The minimum Gasteiger partial charge on any atom is -0.397 e. The Morgan fingerprint density at radius 2 is 2.23 bits per heavy atom. The summed E-state index contributed by atoms with van der Waals surface area (Å²) in [6.07, 6.45) is -0.826. The molecular formula is C8H11F2N3. The maximum atomic E-state index is 11.7. The number of nitrogens with two attached hydrogens (primary N) is 1. The molecule has 5 heteroatoms. The fourth-order valence-corrected chi connectivity index (χ4v) is 0.850. The Morgan fingerprint density at radius 3 is 2.77 bits per heavy atom. The largest absolute Gasteiger partial charge is 0.397 e. The standard InChI is InChI=1S/C8H11F2N3/c9-8(10)5-12-4-7-2-1-6(11)3-13-7/h1-3,8,12H,4-5,11H2. The first-order valence-corrected chi connectivity index (χ1v) is 3.88. The highest BCUT2D eigenvalue weighted by Crippen LogP contribution is 2.00. The second-order valence-corrected chi connectivity index (χ2v) is 2.60. The van der Waals surface area contributed by atoms with Crippen molar-refractivity contribution in [1.29, 1.82) is 0 Å². The molecular weight excluding hydrogens is 176 g/mol. The lowest BCUT2D eigenvalue weighted by atomic mass is 10.3. The van der Waals surface area contributed by atoms with Crippen LogP contribution in [-0.2, 0) is 6.54 Å². The average molecular weight is 187 g/mol. The van der Waals surface area contributed by atoms with Gasteiger partial charge >= 0.3 is 0 Å². The van der Waals surface area contributed by atoms with Crippen LogP contribution in [0.15, 0.2) is 18.3 Å². The maximum absolute atomic E-state index is 11.7. The lowest BCUT2D eigenvalue weighted by Crippen LogP contribution is -2.21. The molecule has 1 rings (SSSR count). The van der Waals surface area contributed by atoms with Gasteiger partial charge in [-0.25, -0.2) is 8.78 Å². The molecule has 0 spiro atoms. The summed E-state index contributed by atoms with van der Waals surface area (Å²) >= 11 is 0. The van der Waals surface area contributed by atoms with Crippen LogP contribution in [0.5, 0.6) is 0 Å². The molecule has 3 nitrogen and oxygen atoms in total. The number of nitrogens with zero attached hydrogens (tertiary/aromatic N) is 1. The highest BCUT2D eigenvalue weighted by Gasteiger charge is 2.00. The van der Waals surface area contributed by atoms with Crippen molar-refractivity contribution in [1.82, 2.24) is 10.3 Å². The lowest BCUT2D eigenvalue weighted by molar-refractivity contribution is 0.145. The molecule has 0 aromatic carbocycles. The van der Waals surface area contributed by atoms with E-state index >= 15 is 0 Å². The van der Waals surface area contributed by atoms with Gasteiger partial charge in [0.2, 0.25) is 0 Å². The molecule has 0 unspecified atom stereocenters. The number of anilines is 1. The molecule has 0 bridgehead atoms. The molecule has 0 aliphatic carbocycles. The van der Waals surface area contributed by atoms with Gasteiger partial charge < -0.3 is 11.1 Å². The zero-order valence-electron chi connectivity index (χ0n) is 7.00. The Hall–Kier alpha value is -1.23. The number of nitrogen functional groups attached to an aromatic ring is 1. The molecule has 1 aromatic heterocycles. The highest BCUT2D eigenvalue weighted by molar-refractivity contribution is 5.34. The first kappa shape index (κ1) is 9.85. The van der Waals surface area contributed by atoms with Gasteiger partial charge in [-0.3, -0.25) is 4.98 Å². The lowest BCUT2D eigenvalue weighted by Gasteiger charge is -2.03. The first-order valence-electron chi connectivity index (χ1n) is 3.88. The van der Waals surface area contributed by atoms with E-state index in [9.17, 15) is 8.78 Å².